The molecule has 1 aliphatic rings. The number of ether oxygens (including phenoxy) is 1. The first-order chi connectivity index (χ1) is 12.5. The first kappa shape index (κ1) is 18.6. The summed E-state index contributed by atoms with van der Waals surface area (Å²) in [5, 5.41) is 13.2. The number of hydrogen-bond donors (Lipinski definition) is 1. The second-order valence-corrected chi connectivity index (χ2v) is 7.12. The van der Waals surface area contributed by atoms with Gasteiger partial charge >= 0.3 is 5.97 Å². The molecule has 140 valence electrons. The summed E-state index contributed by atoms with van der Waals surface area (Å²) in [6.45, 7) is 7.88. The molecule has 2 aromatic rings. The van der Waals surface area contributed by atoms with Crippen LogP contribution in [0.4, 0.5) is 0 Å². The third-order valence-corrected chi connectivity index (χ3v) is 4.84. The van der Waals surface area contributed by atoms with Crippen molar-refractivity contribution in [1.82, 2.24) is 14.7 Å². The molecular formula is C20H27N3O3. The van der Waals surface area contributed by atoms with E-state index >= 15 is 0 Å². The molecule has 1 aromatic heterocycles. The van der Waals surface area contributed by atoms with Gasteiger partial charge in [-0.2, -0.15) is 5.10 Å². The van der Waals surface area contributed by atoms with Gasteiger partial charge in [0, 0.05) is 37.3 Å². The first-order valence-corrected chi connectivity index (χ1v) is 9.20. The van der Waals surface area contributed by atoms with Gasteiger partial charge in [0.25, 0.3) is 0 Å². The number of morpholine rings is 1. The van der Waals surface area contributed by atoms with Crippen molar-refractivity contribution in [3.8, 4) is 11.1 Å². The molecule has 1 fully saturated rings. The Hall–Kier alpha value is -2.18. The minimum atomic E-state index is -0.767. The van der Waals surface area contributed by atoms with Crippen molar-refractivity contribution in [2.45, 2.75) is 45.4 Å². The molecule has 0 spiro atoms. The summed E-state index contributed by atoms with van der Waals surface area (Å²) < 4.78 is 7.84. The van der Waals surface area contributed by atoms with Crippen LogP contribution in [0, 0.1) is 0 Å². The number of rotatable bonds is 7. The van der Waals surface area contributed by atoms with Crippen LogP contribution in [0.5, 0.6) is 0 Å². The molecule has 0 aliphatic carbocycles. The highest BCUT2D eigenvalue weighted by molar-refractivity contribution is 5.67. The fraction of sp³-hybridized carbons (Fsp3) is 0.500. The maximum atomic E-state index is 10.7. The summed E-state index contributed by atoms with van der Waals surface area (Å²) in [5.74, 6) is -0.767. The SMILES string of the molecule is CC(C)N1CCOC(Cn2cc(-c3ccc(CCC(=O)O)cc3)cn2)C1. The Kier molecular flexibility index (Phi) is 6.06. The molecule has 0 radical (unpaired) electrons. The summed E-state index contributed by atoms with van der Waals surface area (Å²) in [4.78, 5) is 13.1. The lowest BCUT2D eigenvalue weighted by Gasteiger charge is -2.35. The van der Waals surface area contributed by atoms with Crippen LogP contribution in [0.3, 0.4) is 0 Å². The van der Waals surface area contributed by atoms with E-state index in [0.717, 1.165) is 42.9 Å². The Morgan fingerprint density at radius 2 is 2.08 bits per heavy atom. The lowest BCUT2D eigenvalue weighted by molar-refractivity contribution is -0.136. The van der Waals surface area contributed by atoms with E-state index < -0.39 is 5.97 Å². The smallest absolute Gasteiger partial charge is 0.303 e. The van der Waals surface area contributed by atoms with Crippen molar-refractivity contribution in [2.24, 2.45) is 0 Å². The zero-order valence-corrected chi connectivity index (χ0v) is 15.5. The molecule has 0 bridgehead atoms. The number of aryl methyl sites for hydroxylation is 1. The van der Waals surface area contributed by atoms with Crippen molar-refractivity contribution in [3.05, 3.63) is 42.2 Å². The Morgan fingerprint density at radius 1 is 1.31 bits per heavy atom. The number of carboxylic acids is 1. The fourth-order valence-electron chi connectivity index (χ4n) is 3.26. The summed E-state index contributed by atoms with van der Waals surface area (Å²) in [7, 11) is 0. The number of benzene rings is 1. The lowest BCUT2D eigenvalue weighted by Crippen LogP contribution is -2.47. The van der Waals surface area contributed by atoms with E-state index in [1.54, 1.807) is 0 Å². The fourth-order valence-corrected chi connectivity index (χ4v) is 3.26. The van der Waals surface area contributed by atoms with Gasteiger partial charge in [0.2, 0.25) is 0 Å². The Morgan fingerprint density at radius 3 is 2.77 bits per heavy atom. The third kappa shape index (κ3) is 4.93. The van der Waals surface area contributed by atoms with E-state index in [-0.39, 0.29) is 12.5 Å². The molecule has 0 amide bonds. The summed E-state index contributed by atoms with van der Waals surface area (Å²) in [6, 6.07) is 8.56. The molecule has 1 aliphatic heterocycles. The zero-order valence-electron chi connectivity index (χ0n) is 15.5. The topological polar surface area (TPSA) is 67.6 Å². The highest BCUT2D eigenvalue weighted by Crippen LogP contribution is 2.20. The number of aliphatic carboxylic acids is 1. The number of aromatic nitrogens is 2. The average molecular weight is 357 g/mol. The van der Waals surface area contributed by atoms with E-state index in [2.05, 4.69) is 23.8 Å². The molecule has 2 heterocycles. The van der Waals surface area contributed by atoms with E-state index in [4.69, 9.17) is 9.84 Å². The van der Waals surface area contributed by atoms with Crippen LogP contribution in [-0.4, -0.2) is 57.6 Å². The summed E-state index contributed by atoms with van der Waals surface area (Å²) in [6.07, 6.45) is 4.79. The van der Waals surface area contributed by atoms with Crippen molar-refractivity contribution < 1.29 is 14.6 Å². The van der Waals surface area contributed by atoms with Crippen LogP contribution in [0.2, 0.25) is 0 Å². The molecule has 6 heteroatoms. The summed E-state index contributed by atoms with van der Waals surface area (Å²) in [5.41, 5.74) is 3.18. The molecule has 6 nitrogen and oxygen atoms in total. The molecule has 1 atom stereocenters. The molecule has 0 saturated carbocycles. The van der Waals surface area contributed by atoms with E-state index in [1.165, 1.54) is 0 Å². The van der Waals surface area contributed by atoms with Crippen LogP contribution in [0.25, 0.3) is 11.1 Å². The molecule has 3 rings (SSSR count). The van der Waals surface area contributed by atoms with Crippen LogP contribution in [-0.2, 0) is 22.5 Å². The molecule has 1 saturated heterocycles. The van der Waals surface area contributed by atoms with Crippen LogP contribution in [0.1, 0.15) is 25.8 Å². The largest absolute Gasteiger partial charge is 0.481 e. The maximum Gasteiger partial charge on any atom is 0.303 e. The predicted octanol–water partition coefficient (Wildman–Crippen LogP) is 2.68. The number of nitrogens with zero attached hydrogens (tertiary/aromatic N) is 3. The van der Waals surface area contributed by atoms with Gasteiger partial charge in [-0.25, -0.2) is 0 Å². The van der Waals surface area contributed by atoms with E-state index in [1.807, 2.05) is 41.3 Å². The Labute approximate surface area is 154 Å². The van der Waals surface area contributed by atoms with Gasteiger partial charge in [-0.15, -0.1) is 0 Å². The van der Waals surface area contributed by atoms with E-state index in [0.29, 0.717) is 12.5 Å². The number of hydrogen-bond acceptors (Lipinski definition) is 4. The van der Waals surface area contributed by atoms with Gasteiger partial charge in [0.1, 0.15) is 0 Å². The maximum absolute atomic E-state index is 10.7. The minimum Gasteiger partial charge on any atom is -0.481 e. The zero-order chi connectivity index (χ0) is 18.5. The van der Waals surface area contributed by atoms with Crippen LogP contribution < -0.4 is 0 Å². The van der Waals surface area contributed by atoms with Crippen molar-refractivity contribution in [3.63, 3.8) is 0 Å². The van der Waals surface area contributed by atoms with Gasteiger partial charge in [0.15, 0.2) is 0 Å². The van der Waals surface area contributed by atoms with Crippen LogP contribution >= 0.6 is 0 Å². The van der Waals surface area contributed by atoms with E-state index in [9.17, 15) is 4.79 Å². The van der Waals surface area contributed by atoms with Gasteiger partial charge in [-0.1, -0.05) is 24.3 Å². The predicted molar refractivity (Wildman–Crippen MR) is 100 cm³/mol. The van der Waals surface area contributed by atoms with Crippen molar-refractivity contribution >= 4 is 5.97 Å². The quantitative estimate of drug-likeness (QED) is 0.825. The van der Waals surface area contributed by atoms with Gasteiger partial charge in [-0.3, -0.25) is 14.4 Å². The number of carbonyl (C=O) groups is 1. The van der Waals surface area contributed by atoms with Crippen molar-refractivity contribution in [1.29, 1.82) is 0 Å². The van der Waals surface area contributed by atoms with Gasteiger partial charge < -0.3 is 9.84 Å². The Balaban J connectivity index is 1.60. The molecule has 26 heavy (non-hydrogen) atoms. The third-order valence-electron chi connectivity index (χ3n) is 4.84. The second-order valence-electron chi connectivity index (χ2n) is 7.12. The standard InChI is InChI=1S/C20H27N3O3/c1-15(2)22-9-10-26-19(13-22)14-23-12-18(11-21-23)17-6-3-16(4-7-17)5-8-20(24)25/h3-4,6-7,11-12,15,19H,5,8-10,13-14H2,1-2H3,(H,24,25). The first-order valence-electron chi connectivity index (χ1n) is 9.20. The van der Waals surface area contributed by atoms with Crippen LogP contribution in [0.15, 0.2) is 36.7 Å². The monoisotopic (exact) mass is 357 g/mol. The normalized spacial score (nSPS) is 18.3. The Bertz CT molecular complexity index is 724. The average Bonchev–Trinajstić information content (AvgIpc) is 3.09. The highest BCUT2D eigenvalue weighted by atomic mass is 16.5. The number of carboxylic acid groups (broad SMARTS) is 1. The van der Waals surface area contributed by atoms with Gasteiger partial charge in [0.05, 0.1) is 25.5 Å². The van der Waals surface area contributed by atoms with Crippen molar-refractivity contribution in [2.75, 3.05) is 19.7 Å². The highest BCUT2D eigenvalue weighted by Gasteiger charge is 2.22. The molecule has 1 aromatic carbocycles. The molecule has 1 unspecified atom stereocenters. The molecule has 1 N–H and O–H groups in total. The van der Waals surface area contributed by atoms with Gasteiger partial charge in [-0.05, 0) is 31.4 Å². The minimum absolute atomic E-state index is 0.159. The molecular weight excluding hydrogens is 330 g/mol. The lowest BCUT2D eigenvalue weighted by atomic mass is 10.0. The second kappa shape index (κ2) is 8.47. The summed E-state index contributed by atoms with van der Waals surface area (Å²) >= 11 is 0.